The molecule has 202 valence electrons. The molecule has 0 saturated carbocycles. The highest BCUT2D eigenvalue weighted by molar-refractivity contribution is 6.31. The number of rotatable bonds is 8. The Kier molecular flexibility index (Phi) is 7.50. The monoisotopic (exact) mass is 577 g/mol. The van der Waals surface area contributed by atoms with E-state index in [1.807, 2.05) is 30.3 Å². The molecule has 0 aliphatic carbocycles. The summed E-state index contributed by atoms with van der Waals surface area (Å²) in [6, 6.07) is 15.9. The number of carbonyl (C=O) groups is 2. The van der Waals surface area contributed by atoms with Gasteiger partial charge in [0.25, 0.3) is 5.56 Å². The third kappa shape index (κ3) is 5.65. The lowest BCUT2D eigenvalue weighted by Gasteiger charge is -2.19. The van der Waals surface area contributed by atoms with E-state index in [4.69, 9.17) is 23.2 Å². The summed E-state index contributed by atoms with van der Waals surface area (Å²) in [6.45, 7) is 0. The van der Waals surface area contributed by atoms with Crippen molar-refractivity contribution in [2.75, 3.05) is 5.32 Å². The molecular formula is C27H21Cl2N7O4. The van der Waals surface area contributed by atoms with E-state index in [-0.39, 0.29) is 23.0 Å². The lowest BCUT2D eigenvalue weighted by molar-refractivity contribution is -0.119. The van der Waals surface area contributed by atoms with E-state index in [1.165, 1.54) is 44.7 Å². The number of carboxylic acids is 1. The maximum absolute atomic E-state index is 13.5. The molecule has 5 rings (SSSR count). The van der Waals surface area contributed by atoms with Crippen molar-refractivity contribution in [3.63, 3.8) is 0 Å². The molecule has 5 aromatic rings. The van der Waals surface area contributed by atoms with Gasteiger partial charge in [0.1, 0.15) is 11.7 Å². The largest absolute Gasteiger partial charge is 0.477 e. The van der Waals surface area contributed by atoms with Gasteiger partial charge in [0.15, 0.2) is 5.15 Å². The number of nitrogens with one attached hydrogen (secondary N) is 1. The first-order chi connectivity index (χ1) is 19.2. The number of aryl methyl sites for hydroxylation is 1. The Morgan fingerprint density at radius 1 is 1.05 bits per heavy atom. The molecule has 0 saturated heterocycles. The molecule has 3 heterocycles. The zero-order chi connectivity index (χ0) is 28.4. The van der Waals surface area contributed by atoms with Crippen LogP contribution in [0.1, 0.15) is 22.1 Å². The van der Waals surface area contributed by atoms with Crippen molar-refractivity contribution in [2.24, 2.45) is 7.05 Å². The molecular weight excluding hydrogens is 557 g/mol. The highest BCUT2D eigenvalue weighted by Gasteiger charge is 2.24. The van der Waals surface area contributed by atoms with Crippen molar-refractivity contribution in [1.82, 2.24) is 29.1 Å². The molecule has 13 heteroatoms. The Balaban J connectivity index is 1.53. The predicted octanol–water partition coefficient (Wildman–Crippen LogP) is 4.26. The van der Waals surface area contributed by atoms with Crippen LogP contribution in [0.15, 0.2) is 84.2 Å². The molecule has 0 spiro atoms. The van der Waals surface area contributed by atoms with Gasteiger partial charge in [-0.15, -0.1) is 5.10 Å². The van der Waals surface area contributed by atoms with Gasteiger partial charge in [-0.2, -0.15) is 0 Å². The van der Waals surface area contributed by atoms with E-state index >= 15 is 0 Å². The predicted molar refractivity (Wildman–Crippen MR) is 149 cm³/mol. The van der Waals surface area contributed by atoms with Gasteiger partial charge in [0, 0.05) is 36.3 Å². The van der Waals surface area contributed by atoms with Gasteiger partial charge in [-0.25, -0.2) is 14.5 Å². The van der Waals surface area contributed by atoms with Gasteiger partial charge in [0.05, 0.1) is 29.6 Å². The number of amides is 1. The van der Waals surface area contributed by atoms with Crippen LogP contribution in [0.4, 0.5) is 5.69 Å². The summed E-state index contributed by atoms with van der Waals surface area (Å²) in [5.41, 5.74) is 1.98. The van der Waals surface area contributed by atoms with Crippen LogP contribution in [-0.4, -0.2) is 46.1 Å². The van der Waals surface area contributed by atoms with Crippen molar-refractivity contribution in [3.05, 3.63) is 111 Å². The second-order valence-electron chi connectivity index (χ2n) is 8.89. The average Bonchev–Trinajstić information content (AvgIpc) is 3.52. The number of nitrogens with zero attached hydrogens (tertiary/aromatic N) is 6. The maximum Gasteiger partial charge on any atom is 0.352 e. The van der Waals surface area contributed by atoms with Crippen molar-refractivity contribution in [1.29, 1.82) is 0 Å². The van der Waals surface area contributed by atoms with Gasteiger partial charge in [0.2, 0.25) is 5.91 Å². The van der Waals surface area contributed by atoms with Crippen molar-refractivity contribution in [3.8, 4) is 16.9 Å². The minimum atomic E-state index is -1.13. The fraction of sp³-hybridized carbons (Fsp3) is 0.111. The van der Waals surface area contributed by atoms with Crippen molar-refractivity contribution in [2.45, 2.75) is 12.5 Å². The zero-order valence-corrected chi connectivity index (χ0v) is 22.4. The molecule has 0 radical (unpaired) electrons. The van der Waals surface area contributed by atoms with E-state index in [1.54, 1.807) is 25.2 Å². The van der Waals surface area contributed by atoms with Gasteiger partial charge >= 0.3 is 5.97 Å². The number of carboxylic acid groups (broad SMARTS) is 1. The zero-order valence-electron chi connectivity index (χ0n) is 20.9. The SMILES string of the molecule is Cn1cc(NC(=O)C(Cc2ccccc2)n2cnc(-c3cc(Cl)ccc3-n3cc(Cl)nn3)cc2=O)cc1C(=O)O. The summed E-state index contributed by atoms with van der Waals surface area (Å²) in [7, 11) is 1.56. The summed E-state index contributed by atoms with van der Waals surface area (Å²) in [6.07, 6.45) is 4.49. The Labute approximate surface area is 237 Å². The quantitative estimate of drug-likeness (QED) is 0.281. The summed E-state index contributed by atoms with van der Waals surface area (Å²) in [4.78, 5) is 42.9. The number of hydrogen-bond donors (Lipinski definition) is 2. The second kappa shape index (κ2) is 11.2. The molecule has 1 atom stereocenters. The van der Waals surface area contributed by atoms with Crippen molar-refractivity contribution >= 4 is 40.8 Å². The first kappa shape index (κ1) is 26.9. The third-order valence-electron chi connectivity index (χ3n) is 6.18. The number of carbonyl (C=O) groups excluding carboxylic acids is 1. The van der Waals surface area contributed by atoms with E-state index in [9.17, 15) is 19.5 Å². The maximum atomic E-state index is 13.5. The first-order valence-corrected chi connectivity index (χ1v) is 12.7. The second-order valence-corrected chi connectivity index (χ2v) is 9.72. The Bertz CT molecular complexity index is 1780. The number of benzene rings is 2. The van der Waals surface area contributed by atoms with Crippen LogP contribution >= 0.6 is 23.2 Å². The molecule has 0 fully saturated rings. The molecule has 1 amide bonds. The van der Waals surface area contributed by atoms with Crippen LogP contribution < -0.4 is 10.9 Å². The summed E-state index contributed by atoms with van der Waals surface area (Å²) >= 11 is 12.2. The first-order valence-electron chi connectivity index (χ1n) is 11.9. The fourth-order valence-corrected chi connectivity index (χ4v) is 4.59. The van der Waals surface area contributed by atoms with E-state index in [0.717, 1.165) is 5.56 Å². The van der Waals surface area contributed by atoms with Gasteiger partial charge in [-0.05, 0) is 29.8 Å². The summed E-state index contributed by atoms with van der Waals surface area (Å²) < 4.78 is 4.07. The Morgan fingerprint density at radius 3 is 2.48 bits per heavy atom. The number of anilines is 1. The number of aromatic nitrogens is 6. The standard InChI is InChI=1S/C27H21Cl2N7O4/c1-34-13-18(11-23(34)27(39)40)31-26(38)22(9-16-5-3-2-4-6-16)35-15-30-20(12-25(35)37)19-10-17(28)7-8-21(19)36-14-24(29)32-33-36/h2-8,10-15,22H,9H2,1H3,(H,31,38)(H,39,40). The molecule has 2 N–H and O–H groups in total. The molecule has 0 bridgehead atoms. The molecule has 0 aliphatic heterocycles. The minimum Gasteiger partial charge on any atom is -0.477 e. The van der Waals surface area contributed by atoms with Crippen molar-refractivity contribution < 1.29 is 14.7 Å². The summed E-state index contributed by atoms with van der Waals surface area (Å²) in [5.74, 6) is -1.64. The van der Waals surface area contributed by atoms with Crippen LogP contribution in [0.3, 0.4) is 0 Å². The molecule has 2 aromatic carbocycles. The topological polar surface area (TPSA) is 137 Å². The average molecular weight is 578 g/mol. The van der Waals surface area contributed by atoms with Crippen LogP contribution in [-0.2, 0) is 18.3 Å². The number of aromatic carboxylic acids is 1. The number of halogens is 2. The van der Waals surface area contributed by atoms with Gasteiger partial charge < -0.3 is 15.0 Å². The van der Waals surface area contributed by atoms with E-state index in [0.29, 0.717) is 22.0 Å². The van der Waals surface area contributed by atoms with E-state index in [2.05, 4.69) is 20.6 Å². The fourth-order valence-electron chi connectivity index (χ4n) is 4.29. The van der Waals surface area contributed by atoms with Gasteiger partial charge in [-0.1, -0.05) is 58.7 Å². The Hall–Kier alpha value is -4.74. The van der Waals surface area contributed by atoms with Crippen LogP contribution in [0, 0.1) is 0 Å². The molecule has 40 heavy (non-hydrogen) atoms. The van der Waals surface area contributed by atoms with Crippen LogP contribution in [0.2, 0.25) is 10.2 Å². The van der Waals surface area contributed by atoms with Gasteiger partial charge in [-0.3, -0.25) is 14.2 Å². The minimum absolute atomic E-state index is 0.00379. The molecule has 1 unspecified atom stereocenters. The Morgan fingerprint density at radius 2 is 1.82 bits per heavy atom. The summed E-state index contributed by atoms with van der Waals surface area (Å²) in [5, 5.41) is 20.5. The lowest BCUT2D eigenvalue weighted by Crippen LogP contribution is -2.34. The molecule has 0 aliphatic rings. The normalized spacial score (nSPS) is 11.8. The third-order valence-corrected chi connectivity index (χ3v) is 6.59. The molecule has 11 nitrogen and oxygen atoms in total. The lowest BCUT2D eigenvalue weighted by atomic mass is 10.0. The number of hydrogen-bond acceptors (Lipinski definition) is 6. The van der Waals surface area contributed by atoms with Crippen LogP contribution in [0.5, 0.6) is 0 Å². The smallest absolute Gasteiger partial charge is 0.352 e. The highest BCUT2D eigenvalue weighted by atomic mass is 35.5. The molecule has 3 aromatic heterocycles. The highest BCUT2D eigenvalue weighted by Crippen LogP contribution is 2.28. The van der Waals surface area contributed by atoms with Crippen LogP contribution in [0.25, 0.3) is 16.9 Å². The van der Waals surface area contributed by atoms with E-state index < -0.39 is 23.5 Å².